The van der Waals surface area contributed by atoms with Gasteiger partial charge in [-0.2, -0.15) is 0 Å². The molecule has 0 aromatic carbocycles. The molecule has 2 aliphatic carbocycles. The van der Waals surface area contributed by atoms with Crippen LogP contribution < -0.4 is 0 Å². The molecule has 2 aliphatic rings. The van der Waals surface area contributed by atoms with E-state index >= 15 is 0 Å². The van der Waals surface area contributed by atoms with Gasteiger partial charge in [0.05, 0.1) is 6.10 Å². The van der Waals surface area contributed by atoms with Crippen molar-refractivity contribution in [2.45, 2.75) is 58.0 Å². The summed E-state index contributed by atoms with van der Waals surface area (Å²) in [5, 5.41) is 9.72. The molecular formula is C12H22O. The van der Waals surface area contributed by atoms with Crippen molar-refractivity contribution in [2.24, 2.45) is 17.8 Å². The minimum atomic E-state index is -0.0640. The van der Waals surface area contributed by atoms with Crippen LogP contribution in [0.4, 0.5) is 0 Å². The quantitative estimate of drug-likeness (QED) is 0.661. The van der Waals surface area contributed by atoms with Gasteiger partial charge in [-0.25, -0.2) is 0 Å². The van der Waals surface area contributed by atoms with Crippen LogP contribution in [0.15, 0.2) is 0 Å². The third kappa shape index (κ3) is 1.90. The largest absolute Gasteiger partial charge is 0.393 e. The summed E-state index contributed by atoms with van der Waals surface area (Å²) in [6, 6.07) is 0. The summed E-state index contributed by atoms with van der Waals surface area (Å²) in [5.41, 5.74) is 0. The fraction of sp³-hybridized carbons (Fsp3) is 1.00. The highest BCUT2D eigenvalue weighted by molar-refractivity contribution is 4.87. The van der Waals surface area contributed by atoms with Crippen LogP contribution in [0.25, 0.3) is 0 Å². The Morgan fingerprint density at radius 1 is 1.00 bits per heavy atom. The molecule has 0 heterocycles. The Labute approximate surface area is 81.5 Å². The molecule has 13 heavy (non-hydrogen) atoms. The van der Waals surface area contributed by atoms with Gasteiger partial charge in [0.1, 0.15) is 0 Å². The fourth-order valence-corrected chi connectivity index (χ4v) is 3.59. The predicted octanol–water partition coefficient (Wildman–Crippen LogP) is 2.97. The van der Waals surface area contributed by atoms with Crippen LogP contribution in [0.2, 0.25) is 0 Å². The molecule has 4 unspecified atom stereocenters. The van der Waals surface area contributed by atoms with Gasteiger partial charge in [-0.1, -0.05) is 32.1 Å². The molecule has 2 saturated carbocycles. The molecular weight excluding hydrogens is 160 g/mol. The van der Waals surface area contributed by atoms with Crippen LogP contribution in [0.5, 0.6) is 0 Å². The topological polar surface area (TPSA) is 20.2 Å². The van der Waals surface area contributed by atoms with Crippen LogP contribution in [0.1, 0.15) is 51.9 Å². The van der Waals surface area contributed by atoms with E-state index in [1.54, 1.807) is 0 Å². The summed E-state index contributed by atoms with van der Waals surface area (Å²) >= 11 is 0. The standard InChI is InChI=1S/C12H22O/c1-9(13)11-8-4-6-10-5-2-3-7-12(10)11/h9-13H,2-8H2,1H3. The fourth-order valence-electron chi connectivity index (χ4n) is 3.59. The molecule has 0 saturated heterocycles. The predicted molar refractivity (Wildman–Crippen MR) is 54.5 cm³/mol. The monoisotopic (exact) mass is 182 g/mol. The second kappa shape index (κ2) is 4.00. The van der Waals surface area contributed by atoms with Crippen LogP contribution in [-0.4, -0.2) is 11.2 Å². The summed E-state index contributed by atoms with van der Waals surface area (Å²) in [6.45, 7) is 1.99. The molecule has 1 nitrogen and oxygen atoms in total. The normalized spacial score (nSPS) is 42.5. The molecule has 0 aromatic rings. The lowest BCUT2D eigenvalue weighted by Gasteiger charge is -2.42. The van der Waals surface area contributed by atoms with E-state index in [1.165, 1.54) is 44.9 Å². The van der Waals surface area contributed by atoms with Crippen molar-refractivity contribution in [3.63, 3.8) is 0 Å². The lowest BCUT2D eigenvalue weighted by Crippen LogP contribution is -2.36. The van der Waals surface area contributed by atoms with Gasteiger partial charge in [0, 0.05) is 0 Å². The van der Waals surface area contributed by atoms with E-state index in [1.807, 2.05) is 6.92 Å². The van der Waals surface area contributed by atoms with Gasteiger partial charge in [-0.15, -0.1) is 0 Å². The van der Waals surface area contributed by atoms with Crippen LogP contribution in [0, 0.1) is 17.8 Å². The highest BCUT2D eigenvalue weighted by Gasteiger charge is 2.36. The number of fused-ring (bicyclic) bond motifs is 1. The SMILES string of the molecule is CC(O)C1CCCC2CCCCC21. The Balaban J connectivity index is 2.02. The number of hydrogen-bond donors (Lipinski definition) is 1. The van der Waals surface area contributed by atoms with E-state index in [0.717, 1.165) is 11.8 Å². The Hall–Kier alpha value is -0.0400. The first-order valence-electron chi connectivity index (χ1n) is 5.97. The number of aliphatic hydroxyl groups excluding tert-OH is 1. The van der Waals surface area contributed by atoms with E-state index in [9.17, 15) is 5.11 Å². The minimum Gasteiger partial charge on any atom is -0.393 e. The van der Waals surface area contributed by atoms with Crippen molar-refractivity contribution in [2.75, 3.05) is 0 Å². The van der Waals surface area contributed by atoms with Gasteiger partial charge >= 0.3 is 0 Å². The summed E-state index contributed by atoms with van der Waals surface area (Å²) in [5.74, 6) is 2.45. The van der Waals surface area contributed by atoms with Crippen molar-refractivity contribution < 1.29 is 5.11 Å². The van der Waals surface area contributed by atoms with Crippen molar-refractivity contribution >= 4 is 0 Å². The maximum Gasteiger partial charge on any atom is 0.0543 e. The van der Waals surface area contributed by atoms with Gasteiger partial charge in [0.2, 0.25) is 0 Å². The van der Waals surface area contributed by atoms with Gasteiger partial charge < -0.3 is 5.11 Å². The Morgan fingerprint density at radius 2 is 1.69 bits per heavy atom. The van der Waals surface area contributed by atoms with Crippen molar-refractivity contribution in [3.05, 3.63) is 0 Å². The maximum absolute atomic E-state index is 9.72. The Morgan fingerprint density at radius 3 is 2.46 bits per heavy atom. The van der Waals surface area contributed by atoms with Crippen molar-refractivity contribution in [1.82, 2.24) is 0 Å². The first-order valence-corrected chi connectivity index (χ1v) is 5.97. The molecule has 0 aliphatic heterocycles. The lowest BCUT2D eigenvalue weighted by atomic mass is 9.64. The molecule has 0 bridgehead atoms. The number of rotatable bonds is 1. The van der Waals surface area contributed by atoms with Crippen molar-refractivity contribution in [1.29, 1.82) is 0 Å². The average molecular weight is 182 g/mol. The van der Waals surface area contributed by atoms with E-state index < -0.39 is 0 Å². The van der Waals surface area contributed by atoms with Gasteiger partial charge in [-0.05, 0) is 37.5 Å². The maximum atomic E-state index is 9.72. The molecule has 0 radical (unpaired) electrons. The van der Waals surface area contributed by atoms with E-state index in [-0.39, 0.29) is 6.10 Å². The lowest BCUT2D eigenvalue weighted by molar-refractivity contribution is 0.0130. The average Bonchev–Trinajstić information content (AvgIpc) is 2.17. The minimum absolute atomic E-state index is 0.0640. The number of hydrogen-bond acceptors (Lipinski definition) is 1. The zero-order chi connectivity index (χ0) is 9.26. The van der Waals surface area contributed by atoms with Gasteiger partial charge in [0.25, 0.3) is 0 Å². The van der Waals surface area contributed by atoms with E-state index in [0.29, 0.717) is 5.92 Å². The first-order chi connectivity index (χ1) is 6.29. The first kappa shape index (κ1) is 9.51. The number of aliphatic hydroxyl groups is 1. The second-order valence-electron chi connectivity index (χ2n) is 5.04. The van der Waals surface area contributed by atoms with Crippen molar-refractivity contribution in [3.8, 4) is 0 Å². The summed E-state index contributed by atoms with van der Waals surface area (Å²) in [4.78, 5) is 0. The molecule has 76 valence electrons. The van der Waals surface area contributed by atoms with Crippen LogP contribution in [0.3, 0.4) is 0 Å². The summed E-state index contributed by atoms with van der Waals surface area (Å²) < 4.78 is 0. The Bertz CT molecular complexity index is 163. The second-order valence-corrected chi connectivity index (χ2v) is 5.04. The van der Waals surface area contributed by atoms with E-state index in [4.69, 9.17) is 0 Å². The molecule has 0 aromatic heterocycles. The molecule has 2 fully saturated rings. The molecule has 1 heteroatoms. The molecule has 0 amide bonds. The van der Waals surface area contributed by atoms with E-state index in [2.05, 4.69) is 0 Å². The molecule has 0 spiro atoms. The molecule has 4 atom stereocenters. The zero-order valence-electron chi connectivity index (χ0n) is 8.71. The smallest absolute Gasteiger partial charge is 0.0543 e. The van der Waals surface area contributed by atoms with Crippen LogP contribution >= 0.6 is 0 Å². The van der Waals surface area contributed by atoms with Gasteiger partial charge in [-0.3, -0.25) is 0 Å². The highest BCUT2D eigenvalue weighted by atomic mass is 16.3. The third-order valence-corrected chi connectivity index (χ3v) is 4.25. The summed E-state index contributed by atoms with van der Waals surface area (Å²) in [6.07, 6.45) is 9.68. The Kier molecular flexibility index (Phi) is 2.92. The third-order valence-electron chi connectivity index (χ3n) is 4.25. The molecule has 1 N–H and O–H groups in total. The van der Waals surface area contributed by atoms with Crippen LogP contribution in [-0.2, 0) is 0 Å². The summed E-state index contributed by atoms with van der Waals surface area (Å²) in [7, 11) is 0. The highest BCUT2D eigenvalue weighted by Crippen LogP contribution is 2.44. The zero-order valence-corrected chi connectivity index (χ0v) is 8.71. The van der Waals surface area contributed by atoms with Gasteiger partial charge in [0.15, 0.2) is 0 Å². The molecule has 2 rings (SSSR count).